The number of fused-ring (bicyclic) bond motifs is 1. The van der Waals surface area contributed by atoms with Gasteiger partial charge >= 0.3 is 5.97 Å². The molecule has 0 radical (unpaired) electrons. The van der Waals surface area contributed by atoms with Crippen LogP contribution < -0.4 is 18.9 Å². The Labute approximate surface area is 134 Å². The summed E-state index contributed by atoms with van der Waals surface area (Å²) in [5.41, 5.74) is 2.09. The molecule has 0 aromatic heterocycles. The summed E-state index contributed by atoms with van der Waals surface area (Å²) in [4.78, 5) is 11.0. The highest BCUT2D eigenvalue weighted by Gasteiger charge is 2.21. The Hall–Kier alpha value is -2.69. The minimum absolute atomic E-state index is 0.0887. The lowest BCUT2D eigenvalue weighted by Gasteiger charge is -2.17. The molecule has 2 aromatic carbocycles. The number of ether oxygens (including phenoxy) is 4. The maximum absolute atomic E-state index is 11.0. The second-order valence-corrected chi connectivity index (χ2v) is 5.33. The van der Waals surface area contributed by atoms with Gasteiger partial charge in [0.1, 0.15) is 11.5 Å². The number of methoxy groups -OCH3 is 1. The van der Waals surface area contributed by atoms with E-state index in [0.717, 1.165) is 22.6 Å². The molecule has 0 aliphatic carbocycles. The normalized spacial score (nSPS) is 13.5. The van der Waals surface area contributed by atoms with Crippen molar-refractivity contribution in [3.05, 3.63) is 47.5 Å². The molecule has 5 nitrogen and oxygen atoms in total. The number of benzene rings is 2. The van der Waals surface area contributed by atoms with Gasteiger partial charge in [0.25, 0.3) is 0 Å². The van der Waals surface area contributed by atoms with Crippen molar-refractivity contribution in [2.24, 2.45) is 0 Å². The van der Waals surface area contributed by atoms with Crippen LogP contribution in [-0.4, -0.2) is 19.9 Å². The van der Waals surface area contributed by atoms with Gasteiger partial charge < -0.3 is 18.9 Å². The third kappa shape index (κ3) is 3.08. The predicted molar refractivity (Wildman–Crippen MR) is 84.4 cm³/mol. The van der Waals surface area contributed by atoms with Crippen LogP contribution in [0.15, 0.2) is 36.4 Å². The lowest BCUT2D eigenvalue weighted by molar-refractivity contribution is -0.131. The van der Waals surface area contributed by atoms with E-state index in [0.29, 0.717) is 11.5 Å². The number of hydrogen-bond donors (Lipinski definition) is 0. The highest BCUT2D eigenvalue weighted by molar-refractivity contribution is 5.69. The zero-order valence-electron chi connectivity index (χ0n) is 13.3. The first-order valence-electron chi connectivity index (χ1n) is 7.34. The van der Waals surface area contributed by atoms with E-state index in [1.54, 1.807) is 19.2 Å². The standard InChI is InChI=1S/C18H18O5/c1-11(13-4-6-14(7-5-13)23-12(2)19)15-8-17-18(22-10-21-17)9-16(15)20-3/h4-9,11H,10H2,1-3H3/t11-/m0/s1. The van der Waals surface area contributed by atoms with Gasteiger partial charge in [-0.1, -0.05) is 19.1 Å². The summed E-state index contributed by atoms with van der Waals surface area (Å²) < 4.78 is 21.4. The first-order chi connectivity index (χ1) is 11.1. The number of carbonyl (C=O) groups excluding carboxylic acids is 1. The lowest BCUT2D eigenvalue weighted by Crippen LogP contribution is -2.02. The Kier molecular flexibility index (Phi) is 4.10. The van der Waals surface area contributed by atoms with E-state index in [-0.39, 0.29) is 18.7 Å². The van der Waals surface area contributed by atoms with Crippen LogP contribution in [0.25, 0.3) is 0 Å². The second-order valence-electron chi connectivity index (χ2n) is 5.33. The van der Waals surface area contributed by atoms with Crippen LogP contribution in [-0.2, 0) is 4.79 Å². The fourth-order valence-corrected chi connectivity index (χ4v) is 2.62. The van der Waals surface area contributed by atoms with E-state index in [1.165, 1.54) is 6.92 Å². The van der Waals surface area contributed by atoms with Crippen molar-refractivity contribution in [1.29, 1.82) is 0 Å². The maximum Gasteiger partial charge on any atom is 0.308 e. The fraction of sp³-hybridized carbons (Fsp3) is 0.278. The van der Waals surface area contributed by atoms with E-state index >= 15 is 0 Å². The van der Waals surface area contributed by atoms with E-state index in [4.69, 9.17) is 18.9 Å². The molecular weight excluding hydrogens is 296 g/mol. The van der Waals surface area contributed by atoms with Gasteiger partial charge in [-0.25, -0.2) is 0 Å². The average Bonchev–Trinajstić information content (AvgIpc) is 3.00. The van der Waals surface area contributed by atoms with Crippen molar-refractivity contribution in [2.45, 2.75) is 19.8 Å². The van der Waals surface area contributed by atoms with Crippen LogP contribution in [0.2, 0.25) is 0 Å². The Balaban J connectivity index is 1.90. The number of carbonyl (C=O) groups is 1. The highest BCUT2D eigenvalue weighted by atomic mass is 16.7. The van der Waals surface area contributed by atoms with E-state index in [9.17, 15) is 4.79 Å². The molecule has 3 rings (SSSR count). The van der Waals surface area contributed by atoms with Crippen molar-refractivity contribution >= 4 is 5.97 Å². The molecule has 0 saturated carbocycles. The molecule has 1 atom stereocenters. The Morgan fingerprint density at radius 1 is 1.13 bits per heavy atom. The van der Waals surface area contributed by atoms with Crippen LogP contribution in [0.3, 0.4) is 0 Å². The summed E-state index contributed by atoms with van der Waals surface area (Å²) in [5, 5.41) is 0. The third-order valence-corrected chi connectivity index (χ3v) is 3.83. The molecule has 23 heavy (non-hydrogen) atoms. The van der Waals surface area contributed by atoms with Crippen molar-refractivity contribution in [2.75, 3.05) is 13.9 Å². The molecule has 0 fully saturated rings. The predicted octanol–water partition coefficient (Wildman–Crippen LogP) is 3.50. The van der Waals surface area contributed by atoms with Crippen LogP contribution in [0, 0.1) is 0 Å². The van der Waals surface area contributed by atoms with Crippen LogP contribution in [0.1, 0.15) is 30.9 Å². The third-order valence-electron chi connectivity index (χ3n) is 3.83. The topological polar surface area (TPSA) is 54.0 Å². The maximum atomic E-state index is 11.0. The van der Waals surface area contributed by atoms with Gasteiger partial charge in [-0.05, 0) is 23.8 Å². The molecule has 120 valence electrons. The Morgan fingerprint density at radius 2 is 1.78 bits per heavy atom. The molecule has 5 heteroatoms. The molecule has 2 aromatic rings. The van der Waals surface area contributed by atoms with Gasteiger partial charge in [-0.3, -0.25) is 4.79 Å². The SMILES string of the molecule is COc1cc2c(cc1[C@@H](C)c1ccc(OC(C)=O)cc1)OCO2. The Bertz CT molecular complexity index is 721. The fourth-order valence-electron chi connectivity index (χ4n) is 2.62. The first kappa shape index (κ1) is 15.2. The van der Waals surface area contributed by atoms with Crippen LogP contribution in [0.5, 0.6) is 23.0 Å². The lowest BCUT2D eigenvalue weighted by atomic mass is 9.92. The van der Waals surface area contributed by atoms with E-state index < -0.39 is 0 Å². The summed E-state index contributed by atoms with van der Waals surface area (Å²) in [6.45, 7) is 3.70. The molecule has 0 saturated heterocycles. The second kappa shape index (κ2) is 6.20. The summed E-state index contributed by atoms with van der Waals surface area (Å²) in [6.07, 6.45) is 0. The van der Waals surface area contributed by atoms with Crippen LogP contribution in [0.4, 0.5) is 0 Å². The Morgan fingerprint density at radius 3 is 2.39 bits per heavy atom. The molecule has 0 N–H and O–H groups in total. The molecule has 1 aliphatic heterocycles. The smallest absolute Gasteiger partial charge is 0.308 e. The van der Waals surface area contributed by atoms with Gasteiger partial charge in [0.05, 0.1) is 7.11 Å². The minimum atomic E-state index is -0.330. The van der Waals surface area contributed by atoms with Crippen molar-refractivity contribution in [3.8, 4) is 23.0 Å². The van der Waals surface area contributed by atoms with E-state index in [2.05, 4.69) is 6.92 Å². The highest BCUT2D eigenvalue weighted by Crippen LogP contribution is 2.42. The number of esters is 1. The molecule has 1 heterocycles. The summed E-state index contributed by atoms with van der Waals surface area (Å²) in [5.74, 6) is 2.47. The summed E-state index contributed by atoms with van der Waals surface area (Å²) >= 11 is 0. The average molecular weight is 314 g/mol. The van der Waals surface area contributed by atoms with Crippen molar-refractivity contribution in [3.63, 3.8) is 0 Å². The van der Waals surface area contributed by atoms with Gasteiger partial charge in [0.2, 0.25) is 6.79 Å². The zero-order chi connectivity index (χ0) is 16.4. The number of rotatable bonds is 4. The molecule has 0 amide bonds. The van der Waals surface area contributed by atoms with Gasteiger partial charge in [0.15, 0.2) is 11.5 Å². The van der Waals surface area contributed by atoms with E-state index in [1.807, 2.05) is 24.3 Å². The molecule has 0 bridgehead atoms. The quantitative estimate of drug-likeness (QED) is 0.638. The largest absolute Gasteiger partial charge is 0.496 e. The zero-order valence-corrected chi connectivity index (χ0v) is 13.3. The summed E-state index contributed by atoms with van der Waals surface area (Å²) in [7, 11) is 1.64. The monoisotopic (exact) mass is 314 g/mol. The van der Waals surface area contributed by atoms with Crippen molar-refractivity contribution in [1.82, 2.24) is 0 Å². The molecule has 0 unspecified atom stereocenters. The molecule has 1 aliphatic rings. The van der Waals surface area contributed by atoms with Gasteiger partial charge in [-0.15, -0.1) is 0 Å². The van der Waals surface area contributed by atoms with Gasteiger partial charge in [0, 0.05) is 24.5 Å². The number of hydrogen-bond acceptors (Lipinski definition) is 5. The minimum Gasteiger partial charge on any atom is -0.496 e. The summed E-state index contributed by atoms with van der Waals surface area (Å²) in [6, 6.07) is 11.2. The molecule has 0 spiro atoms. The van der Waals surface area contributed by atoms with Crippen molar-refractivity contribution < 1.29 is 23.7 Å². The van der Waals surface area contributed by atoms with Crippen LogP contribution >= 0.6 is 0 Å². The molecular formula is C18H18O5. The van der Waals surface area contributed by atoms with Gasteiger partial charge in [-0.2, -0.15) is 0 Å². The first-order valence-corrected chi connectivity index (χ1v) is 7.34.